The van der Waals surface area contributed by atoms with Gasteiger partial charge in [0.2, 0.25) is 0 Å². The predicted molar refractivity (Wildman–Crippen MR) is 53.9 cm³/mol. The van der Waals surface area contributed by atoms with Crippen LogP contribution in [-0.4, -0.2) is 31.6 Å². The standard InChI is InChI=1S/C9H12N2O2Se/c1-3-13-8(12)4-5-11-7(2)6-14-9(11)10/h4-6,10H,3H2,1-2H3/b5-4+,10-9?. The molecule has 0 aliphatic heterocycles. The van der Waals surface area contributed by atoms with Crippen molar-refractivity contribution in [3.05, 3.63) is 21.1 Å². The van der Waals surface area contributed by atoms with E-state index in [0.29, 0.717) is 11.0 Å². The molecule has 1 heterocycles. The second kappa shape index (κ2) is 4.98. The first-order chi connectivity index (χ1) is 6.65. The quantitative estimate of drug-likeness (QED) is 0.484. The van der Waals surface area contributed by atoms with Gasteiger partial charge in [0.05, 0.1) is 0 Å². The van der Waals surface area contributed by atoms with Gasteiger partial charge in [0.1, 0.15) is 0 Å². The summed E-state index contributed by atoms with van der Waals surface area (Å²) in [5.74, 6) is -0.368. The molecule has 5 heteroatoms. The molecule has 0 spiro atoms. The van der Waals surface area contributed by atoms with E-state index < -0.39 is 0 Å². The molecule has 0 amide bonds. The van der Waals surface area contributed by atoms with Crippen LogP contribution in [0.5, 0.6) is 0 Å². The van der Waals surface area contributed by atoms with Crippen molar-refractivity contribution in [3.63, 3.8) is 0 Å². The Balaban J connectivity index is 2.78. The zero-order valence-electron chi connectivity index (χ0n) is 8.11. The van der Waals surface area contributed by atoms with Crippen molar-refractivity contribution >= 4 is 26.7 Å². The minimum atomic E-state index is -0.368. The number of nitrogens with zero attached hydrogens (tertiary/aromatic N) is 1. The van der Waals surface area contributed by atoms with Crippen LogP contribution in [0.25, 0.3) is 6.20 Å². The zero-order valence-corrected chi connectivity index (χ0v) is 9.82. The van der Waals surface area contributed by atoms with Crippen molar-refractivity contribution in [1.82, 2.24) is 4.57 Å². The van der Waals surface area contributed by atoms with Crippen LogP contribution in [0, 0.1) is 12.3 Å². The average molecular weight is 259 g/mol. The van der Waals surface area contributed by atoms with Crippen molar-refractivity contribution in [2.24, 2.45) is 0 Å². The van der Waals surface area contributed by atoms with Gasteiger partial charge < -0.3 is 0 Å². The summed E-state index contributed by atoms with van der Waals surface area (Å²) >= 11 is 0.100. The van der Waals surface area contributed by atoms with E-state index in [1.54, 1.807) is 17.7 Å². The van der Waals surface area contributed by atoms with E-state index >= 15 is 0 Å². The van der Waals surface area contributed by atoms with E-state index in [0.717, 1.165) is 5.69 Å². The van der Waals surface area contributed by atoms with Gasteiger partial charge in [0.25, 0.3) is 0 Å². The van der Waals surface area contributed by atoms with E-state index in [-0.39, 0.29) is 20.5 Å². The van der Waals surface area contributed by atoms with Crippen LogP contribution < -0.4 is 4.36 Å². The third-order valence-electron chi connectivity index (χ3n) is 1.59. The molecule has 0 atom stereocenters. The molecule has 0 aliphatic carbocycles. The molecule has 1 aromatic heterocycles. The van der Waals surface area contributed by atoms with Crippen LogP contribution in [0.2, 0.25) is 0 Å². The topological polar surface area (TPSA) is 55.1 Å². The normalized spacial score (nSPS) is 10.7. The summed E-state index contributed by atoms with van der Waals surface area (Å²) in [5.41, 5.74) is 0.996. The number of aromatic nitrogens is 1. The van der Waals surface area contributed by atoms with Crippen molar-refractivity contribution in [2.75, 3.05) is 6.61 Å². The Bertz CT molecular complexity index is 403. The van der Waals surface area contributed by atoms with Gasteiger partial charge in [0.15, 0.2) is 0 Å². The maximum atomic E-state index is 11.0. The number of carbonyl (C=O) groups is 1. The number of aryl methyl sites for hydroxylation is 1. The van der Waals surface area contributed by atoms with Gasteiger partial charge in [-0.2, -0.15) is 0 Å². The molecule has 0 aromatic carbocycles. The molecule has 1 N–H and O–H groups in total. The van der Waals surface area contributed by atoms with Gasteiger partial charge in [-0.1, -0.05) is 0 Å². The molecule has 0 aliphatic rings. The SMILES string of the molecule is CCOC(=O)/C=C/n1c(C)c[se]c1=N. The van der Waals surface area contributed by atoms with Crippen molar-refractivity contribution in [2.45, 2.75) is 13.8 Å². The number of esters is 1. The number of rotatable bonds is 3. The Morgan fingerprint density at radius 1 is 1.79 bits per heavy atom. The second-order valence-electron chi connectivity index (χ2n) is 2.62. The third kappa shape index (κ3) is 2.72. The average Bonchev–Trinajstić information content (AvgIpc) is 2.44. The molecular weight excluding hydrogens is 247 g/mol. The van der Waals surface area contributed by atoms with Crippen LogP contribution in [0.4, 0.5) is 0 Å². The predicted octanol–water partition coefficient (Wildman–Crippen LogP) is 0.367. The van der Waals surface area contributed by atoms with Crippen molar-refractivity contribution < 1.29 is 9.53 Å². The number of carbonyl (C=O) groups excluding carboxylic acids is 1. The van der Waals surface area contributed by atoms with Gasteiger partial charge >= 0.3 is 87.7 Å². The number of ether oxygens (including phenoxy) is 1. The summed E-state index contributed by atoms with van der Waals surface area (Å²) in [7, 11) is 0. The fourth-order valence-electron chi connectivity index (χ4n) is 0.926. The van der Waals surface area contributed by atoms with E-state index in [4.69, 9.17) is 10.1 Å². The van der Waals surface area contributed by atoms with Gasteiger partial charge in [0, 0.05) is 0 Å². The first kappa shape index (κ1) is 11.0. The summed E-state index contributed by atoms with van der Waals surface area (Å²) in [6, 6.07) is 0. The molecule has 14 heavy (non-hydrogen) atoms. The van der Waals surface area contributed by atoms with Gasteiger partial charge in [-0.25, -0.2) is 0 Å². The summed E-state index contributed by atoms with van der Waals surface area (Å²) in [6.45, 7) is 4.05. The number of hydrogen-bond acceptors (Lipinski definition) is 3. The van der Waals surface area contributed by atoms with Gasteiger partial charge in [-0.15, -0.1) is 0 Å². The molecule has 0 unspecified atom stereocenters. The molecule has 1 rings (SSSR count). The third-order valence-corrected chi connectivity index (χ3v) is 3.43. The minimum absolute atomic E-state index is 0.100. The van der Waals surface area contributed by atoms with Crippen molar-refractivity contribution in [3.8, 4) is 0 Å². The molecule has 76 valence electrons. The van der Waals surface area contributed by atoms with Gasteiger partial charge in [-0.05, 0) is 0 Å². The summed E-state index contributed by atoms with van der Waals surface area (Å²) in [5, 5.41) is 7.58. The van der Waals surface area contributed by atoms with Crippen LogP contribution >= 0.6 is 0 Å². The molecule has 0 fully saturated rings. The summed E-state index contributed by atoms with van der Waals surface area (Å²) in [4.78, 5) is 13.0. The number of nitrogens with one attached hydrogen (secondary N) is 1. The molecule has 0 radical (unpaired) electrons. The fourth-order valence-corrected chi connectivity index (χ4v) is 2.42. The fraction of sp³-hybridized carbons (Fsp3) is 0.333. The van der Waals surface area contributed by atoms with Gasteiger partial charge in [-0.3, -0.25) is 0 Å². The van der Waals surface area contributed by atoms with Crippen molar-refractivity contribution in [1.29, 1.82) is 5.41 Å². The van der Waals surface area contributed by atoms with Crippen LogP contribution in [-0.2, 0) is 9.53 Å². The first-order valence-electron chi connectivity index (χ1n) is 4.21. The molecule has 4 nitrogen and oxygen atoms in total. The van der Waals surface area contributed by atoms with E-state index in [1.165, 1.54) is 6.08 Å². The monoisotopic (exact) mass is 260 g/mol. The van der Waals surface area contributed by atoms with Crippen LogP contribution in [0.3, 0.4) is 0 Å². The second-order valence-corrected chi connectivity index (χ2v) is 4.42. The Morgan fingerprint density at radius 2 is 2.50 bits per heavy atom. The summed E-state index contributed by atoms with van der Waals surface area (Å²) < 4.78 is 6.96. The molecule has 0 saturated heterocycles. The van der Waals surface area contributed by atoms with E-state index in [1.807, 2.05) is 11.9 Å². The van der Waals surface area contributed by atoms with Crippen LogP contribution in [0.15, 0.2) is 11.0 Å². The number of hydrogen-bond donors (Lipinski definition) is 1. The molecule has 0 saturated carbocycles. The Morgan fingerprint density at radius 3 is 3.00 bits per heavy atom. The zero-order chi connectivity index (χ0) is 10.6. The van der Waals surface area contributed by atoms with Crippen LogP contribution in [0.1, 0.15) is 12.6 Å². The Kier molecular flexibility index (Phi) is 3.92. The molecule has 1 aromatic rings. The first-order valence-corrected chi connectivity index (χ1v) is 6.06. The van der Waals surface area contributed by atoms with E-state index in [2.05, 4.69) is 0 Å². The van der Waals surface area contributed by atoms with E-state index in [9.17, 15) is 4.79 Å². The summed E-state index contributed by atoms with van der Waals surface area (Å²) in [6.07, 6.45) is 2.93. The Hall–Kier alpha value is -1.06. The maximum absolute atomic E-state index is 11.0. The molecular formula is C9H12N2O2Se. The molecule has 0 bridgehead atoms. The Labute approximate surface area is 88.1 Å².